The number of nitrogens with two attached hydrogens (primary N) is 1. The van der Waals surface area contributed by atoms with Gasteiger partial charge < -0.3 is 11.1 Å². The summed E-state index contributed by atoms with van der Waals surface area (Å²) in [5, 5.41) is 2.80. The summed E-state index contributed by atoms with van der Waals surface area (Å²) >= 11 is 0. The molecule has 1 aromatic rings. The van der Waals surface area contributed by atoms with Gasteiger partial charge in [-0.25, -0.2) is 0 Å². The zero-order valence-electron chi connectivity index (χ0n) is 11.0. The molecule has 4 nitrogen and oxygen atoms in total. The lowest BCUT2D eigenvalue weighted by Crippen LogP contribution is -2.24. The maximum Gasteiger partial charge on any atom is 0.237 e. The molecule has 0 spiro atoms. The summed E-state index contributed by atoms with van der Waals surface area (Å²) < 4.78 is 11.7. The molecular weight excluding hydrogens is 248 g/mol. The highest BCUT2D eigenvalue weighted by Crippen LogP contribution is 2.17. The minimum atomic E-state index is -1.12. The van der Waals surface area contributed by atoms with Crippen LogP contribution >= 0.6 is 0 Å². The number of nitrogen functional groups attached to an aromatic ring is 1. The van der Waals surface area contributed by atoms with Crippen LogP contribution in [0.15, 0.2) is 18.2 Å². The van der Waals surface area contributed by atoms with Gasteiger partial charge in [-0.2, -0.15) is 0 Å². The quantitative estimate of drug-likeness (QED) is 0.803. The van der Waals surface area contributed by atoms with Crippen LogP contribution in [0.5, 0.6) is 0 Å². The molecule has 0 aromatic heterocycles. The molecule has 0 aliphatic rings. The Balaban J connectivity index is 2.62. The van der Waals surface area contributed by atoms with E-state index in [2.05, 4.69) is 5.32 Å². The van der Waals surface area contributed by atoms with E-state index in [1.54, 1.807) is 18.2 Å². The zero-order chi connectivity index (χ0) is 13.7. The number of amides is 1. The molecule has 2 unspecified atom stereocenters. The molecule has 1 rings (SSSR count). The van der Waals surface area contributed by atoms with Crippen molar-refractivity contribution in [1.29, 1.82) is 0 Å². The second-order valence-corrected chi connectivity index (χ2v) is 6.22. The molecule has 1 amide bonds. The first-order valence-corrected chi connectivity index (χ1v) is 7.35. The second-order valence-electron chi connectivity index (χ2n) is 4.37. The number of rotatable bonds is 5. The highest BCUT2D eigenvalue weighted by atomic mass is 32.2. The molecule has 0 aliphatic heterocycles. The van der Waals surface area contributed by atoms with Crippen molar-refractivity contribution in [1.82, 2.24) is 0 Å². The molecule has 0 heterocycles. The van der Waals surface area contributed by atoms with Crippen LogP contribution < -0.4 is 11.1 Å². The summed E-state index contributed by atoms with van der Waals surface area (Å²) in [6.45, 7) is 5.72. The first-order chi connectivity index (χ1) is 8.43. The molecule has 1 aromatic carbocycles. The van der Waals surface area contributed by atoms with Crippen molar-refractivity contribution < 1.29 is 9.00 Å². The maximum absolute atomic E-state index is 11.7. The predicted molar refractivity (Wildman–Crippen MR) is 77.0 cm³/mol. The number of carbonyl (C=O) groups excluding carboxylic acids is 1. The fourth-order valence-electron chi connectivity index (χ4n) is 1.47. The van der Waals surface area contributed by atoms with E-state index in [0.29, 0.717) is 5.69 Å². The van der Waals surface area contributed by atoms with Crippen molar-refractivity contribution in [2.45, 2.75) is 32.4 Å². The van der Waals surface area contributed by atoms with Crippen molar-refractivity contribution >= 4 is 28.1 Å². The highest BCUT2D eigenvalue weighted by molar-refractivity contribution is 7.86. The van der Waals surface area contributed by atoms with E-state index >= 15 is 0 Å². The summed E-state index contributed by atoms with van der Waals surface area (Å²) in [6.07, 6.45) is 0.806. The Bertz CT molecular complexity index is 460. The molecule has 5 heteroatoms. The predicted octanol–water partition coefficient (Wildman–Crippen LogP) is 2.06. The first kappa shape index (κ1) is 14.7. The van der Waals surface area contributed by atoms with Crippen LogP contribution in [0.25, 0.3) is 0 Å². The van der Waals surface area contributed by atoms with Gasteiger partial charge in [0.05, 0.1) is 0 Å². The Morgan fingerprint density at radius 2 is 2.17 bits per heavy atom. The molecular formula is C13H20N2O2S. The van der Waals surface area contributed by atoms with Gasteiger partial charge in [-0.1, -0.05) is 13.8 Å². The van der Waals surface area contributed by atoms with Gasteiger partial charge in [0.15, 0.2) is 0 Å². The van der Waals surface area contributed by atoms with Crippen molar-refractivity contribution in [3.8, 4) is 0 Å². The van der Waals surface area contributed by atoms with E-state index in [1.165, 1.54) is 0 Å². The Morgan fingerprint density at radius 3 is 2.72 bits per heavy atom. The van der Waals surface area contributed by atoms with Crippen molar-refractivity contribution in [3.05, 3.63) is 23.8 Å². The van der Waals surface area contributed by atoms with Crippen LogP contribution in [0.3, 0.4) is 0 Å². The molecule has 0 bridgehead atoms. The molecule has 0 fully saturated rings. The van der Waals surface area contributed by atoms with E-state index in [-0.39, 0.29) is 16.9 Å². The average Bonchev–Trinajstić information content (AvgIpc) is 2.31. The van der Waals surface area contributed by atoms with E-state index in [0.717, 1.165) is 17.7 Å². The van der Waals surface area contributed by atoms with Gasteiger partial charge in [0, 0.05) is 27.4 Å². The van der Waals surface area contributed by atoms with E-state index in [4.69, 9.17) is 5.73 Å². The second kappa shape index (κ2) is 6.54. The Hall–Kier alpha value is -1.36. The normalized spacial score (nSPS) is 13.9. The third-order valence-corrected chi connectivity index (χ3v) is 4.60. The van der Waals surface area contributed by atoms with Crippen LogP contribution in [-0.2, 0) is 15.6 Å². The van der Waals surface area contributed by atoms with Crippen LogP contribution in [0.4, 0.5) is 11.4 Å². The topological polar surface area (TPSA) is 72.2 Å². The van der Waals surface area contributed by atoms with E-state index in [1.807, 2.05) is 20.8 Å². The number of carbonyl (C=O) groups is 1. The standard InChI is InChI=1S/C13H20N2O2S/c1-4-10(3)18(17)8-13(16)15-12-6-5-11(14)7-9(12)2/h5-7,10H,4,8,14H2,1-3H3,(H,15,16). The van der Waals surface area contributed by atoms with Crippen LogP contribution in [0.1, 0.15) is 25.8 Å². The molecule has 0 saturated carbocycles. The Labute approximate surface area is 110 Å². The lowest BCUT2D eigenvalue weighted by Gasteiger charge is -2.11. The van der Waals surface area contributed by atoms with Gasteiger partial charge in [0.2, 0.25) is 5.91 Å². The number of anilines is 2. The minimum Gasteiger partial charge on any atom is -0.399 e. The minimum absolute atomic E-state index is 0.0405. The third kappa shape index (κ3) is 4.14. The fourth-order valence-corrected chi connectivity index (χ4v) is 2.46. The summed E-state index contributed by atoms with van der Waals surface area (Å²) in [4.78, 5) is 11.7. The molecule has 2 atom stereocenters. The average molecular weight is 268 g/mol. The van der Waals surface area contributed by atoms with Gasteiger partial charge in [0.25, 0.3) is 0 Å². The molecule has 3 N–H and O–H groups in total. The molecule has 0 aliphatic carbocycles. The zero-order valence-corrected chi connectivity index (χ0v) is 11.8. The summed E-state index contributed by atoms with van der Waals surface area (Å²) in [6, 6.07) is 5.28. The first-order valence-electron chi connectivity index (χ1n) is 5.97. The number of hydrogen-bond acceptors (Lipinski definition) is 3. The number of benzene rings is 1. The van der Waals surface area contributed by atoms with Crippen molar-refractivity contribution in [2.75, 3.05) is 16.8 Å². The molecule has 100 valence electrons. The Kier molecular flexibility index (Phi) is 5.34. The number of aryl methyl sites for hydroxylation is 1. The number of nitrogens with one attached hydrogen (secondary N) is 1. The molecule has 0 saturated heterocycles. The molecule has 0 radical (unpaired) electrons. The summed E-state index contributed by atoms with van der Waals surface area (Å²) in [5.41, 5.74) is 7.91. The van der Waals surface area contributed by atoms with E-state index < -0.39 is 10.8 Å². The highest BCUT2D eigenvalue weighted by Gasteiger charge is 2.14. The van der Waals surface area contributed by atoms with E-state index in [9.17, 15) is 9.00 Å². The van der Waals surface area contributed by atoms with Gasteiger partial charge >= 0.3 is 0 Å². The van der Waals surface area contributed by atoms with Crippen LogP contribution in [0, 0.1) is 6.92 Å². The monoisotopic (exact) mass is 268 g/mol. The summed E-state index contributed by atoms with van der Waals surface area (Å²) in [5.74, 6) is -0.180. The largest absolute Gasteiger partial charge is 0.399 e. The SMILES string of the molecule is CCC(C)S(=O)CC(=O)Nc1ccc(N)cc1C. The fraction of sp³-hybridized carbons (Fsp3) is 0.462. The van der Waals surface area contributed by atoms with Crippen molar-refractivity contribution in [3.63, 3.8) is 0 Å². The maximum atomic E-state index is 11.7. The van der Waals surface area contributed by atoms with Crippen molar-refractivity contribution in [2.24, 2.45) is 0 Å². The Morgan fingerprint density at radius 1 is 1.50 bits per heavy atom. The van der Waals surface area contributed by atoms with Gasteiger partial charge in [0.1, 0.15) is 5.75 Å². The van der Waals surface area contributed by atoms with Gasteiger partial charge in [-0.3, -0.25) is 9.00 Å². The van der Waals surface area contributed by atoms with Crippen LogP contribution in [-0.4, -0.2) is 21.1 Å². The smallest absolute Gasteiger partial charge is 0.237 e. The lowest BCUT2D eigenvalue weighted by molar-refractivity contribution is -0.113. The van der Waals surface area contributed by atoms with Gasteiger partial charge in [-0.05, 0) is 37.1 Å². The molecule has 18 heavy (non-hydrogen) atoms. The lowest BCUT2D eigenvalue weighted by atomic mass is 10.2. The number of hydrogen-bond donors (Lipinski definition) is 2. The van der Waals surface area contributed by atoms with Crippen LogP contribution in [0.2, 0.25) is 0 Å². The van der Waals surface area contributed by atoms with Gasteiger partial charge in [-0.15, -0.1) is 0 Å². The third-order valence-electron chi connectivity index (χ3n) is 2.82. The summed E-state index contributed by atoms with van der Waals surface area (Å²) in [7, 11) is -1.12.